The molecular formula is C19H21N3OS. The second kappa shape index (κ2) is 6.15. The largest absolute Gasteiger partial charge is 0.309 e. The summed E-state index contributed by atoms with van der Waals surface area (Å²) in [7, 11) is 0. The minimum atomic E-state index is -0.0228. The van der Waals surface area contributed by atoms with E-state index in [1.807, 2.05) is 0 Å². The lowest BCUT2D eigenvalue weighted by molar-refractivity contribution is 0.322. The smallest absolute Gasteiger partial charge is 0.260 e. The zero-order valence-corrected chi connectivity index (χ0v) is 14.9. The van der Waals surface area contributed by atoms with Crippen molar-refractivity contribution in [1.29, 1.82) is 0 Å². The highest BCUT2D eigenvalue weighted by molar-refractivity contribution is 7.17. The van der Waals surface area contributed by atoms with Crippen molar-refractivity contribution in [2.24, 2.45) is 0 Å². The van der Waals surface area contributed by atoms with Gasteiger partial charge in [0.25, 0.3) is 5.56 Å². The first-order chi connectivity index (χ1) is 11.6. The monoisotopic (exact) mass is 339 g/mol. The fraction of sp³-hybridized carbons (Fsp3) is 0.368. The Bertz CT molecular complexity index is 951. The maximum Gasteiger partial charge on any atom is 0.260 e. The summed E-state index contributed by atoms with van der Waals surface area (Å²) in [4.78, 5) is 23.6. The zero-order valence-electron chi connectivity index (χ0n) is 14.1. The van der Waals surface area contributed by atoms with Crippen LogP contribution in [0.4, 0.5) is 0 Å². The standard InChI is InChI=1S/C19H21N3OS/c1-12-5-6-14(13(2)9-12)15-11-24-19-17(15)18(23)20-16(21-19)10-22-7-3-4-8-22/h5-6,9,11H,3-4,7-8,10H2,1-2H3,(H,20,21,23). The van der Waals surface area contributed by atoms with Gasteiger partial charge in [-0.2, -0.15) is 0 Å². The number of rotatable bonds is 3. The average molecular weight is 339 g/mol. The topological polar surface area (TPSA) is 49.0 Å². The molecule has 3 heterocycles. The van der Waals surface area contributed by atoms with Crippen LogP contribution in [0.2, 0.25) is 0 Å². The minimum Gasteiger partial charge on any atom is -0.309 e. The summed E-state index contributed by atoms with van der Waals surface area (Å²) in [6, 6.07) is 6.35. The molecule has 4 rings (SSSR count). The van der Waals surface area contributed by atoms with Gasteiger partial charge in [0, 0.05) is 10.9 Å². The molecule has 1 aliphatic heterocycles. The Kier molecular flexibility index (Phi) is 3.98. The maximum absolute atomic E-state index is 12.7. The molecule has 3 aromatic rings. The van der Waals surface area contributed by atoms with Gasteiger partial charge in [-0.1, -0.05) is 23.8 Å². The van der Waals surface area contributed by atoms with Crippen molar-refractivity contribution in [2.75, 3.05) is 13.1 Å². The normalized spacial score (nSPS) is 15.4. The van der Waals surface area contributed by atoms with Crippen LogP contribution in [0.15, 0.2) is 28.4 Å². The molecule has 0 aliphatic carbocycles. The maximum atomic E-state index is 12.7. The molecule has 1 saturated heterocycles. The molecule has 2 aromatic heterocycles. The minimum absolute atomic E-state index is 0.0228. The molecule has 1 N–H and O–H groups in total. The summed E-state index contributed by atoms with van der Waals surface area (Å²) in [5.74, 6) is 0.781. The molecule has 24 heavy (non-hydrogen) atoms. The fourth-order valence-electron chi connectivity index (χ4n) is 3.53. The number of nitrogens with one attached hydrogen (secondary N) is 1. The summed E-state index contributed by atoms with van der Waals surface area (Å²) in [6.45, 7) is 7.11. The highest BCUT2D eigenvalue weighted by Gasteiger charge is 2.17. The van der Waals surface area contributed by atoms with Crippen molar-refractivity contribution in [1.82, 2.24) is 14.9 Å². The quantitative estimate of drug-likeness (QED) is 0.788. The van der Waals surface area contributed by atoms with Gasteiger partial charge in [-0.05, 0) is 50.9 Å². The van der Waals surface area contributed by atoms with Crippen molar-refractivity contribution in [2.45, 2.75) is 33.2 Å². The van der Waals surface area contributed by atoms with Gasteiger partial charge in [0.2, 0.25) is 0 Å². The van der Waals surface area contributed by atoms with Gasteiger partial charge in [-0.25, -0.2) is 4.98 Å². The fourth-order valence-corrected chi connectivity index (χ4v) is 4.49. The Hall–Kier alpha value is -1.98. The average Bonchev–Trinajstić information content (AvgIpc) is 3.17. The second-order valence-corrected chi connectivity index (χ2v) is 7.50. The molecule has 0 spiro atoms. The summed E-state index contributed by atoms with van der Waals surface area (Å²) < 4.78 is 0. The van der Waals surface area contributed by atoms with E-state index in [0.717, 1.165) is 46.8 Å². The molecule has 5 heteroatoms. The van der Waals surface area contributed by atoms with Crippen LogP contribution in [0, 0.1) is 13.8 Å². The number of hydrogen-bond acceptors (Lipinski definition) is 4. The van der Waals surface area contributed by atoms with Crippen molar-refractivity contribution in [3.05, 3.63) is 50.9 Å². The van der Waals surface area contributed by atoms with Crippen LogP contribution in [-0.4, -0.2) is 28.0 Å². The lowest BCUT2D eigenvalue weighted by atomic mass is 9.99. The lowest BCUT2D eigenvalue weighted by Gasteiger charge is -2.13. The number of fused-ring (bicyclic) bond motifs is 1. The molecule has 4 nitrogen and oxygen atoms in total. The van der Waals surface area contributed by atoms with Crippen LogP contribution in [0.25, 0.3) is 21.3 Å². The van der Waals surface area contributed by atoms with Gasteiger partial charge >= 0.3 is 0 Å². The predicted molar refractivity (Wildman–Crippen MR) is 99.7 cm³/mol. The number of aryl methyl sites for hydroxylation is 2. The van der Waals surface area contributed by atoms with E-state index in [4.69, 9.17) is 4.98 Å². The molecule has 0 radical (unpaired) electrons. The van der Waals surface area contributed by atoms with Gasteiger partial charge < -0.3 is 4.98 Å². The first-order valence-corrected chi connectivity index (χ1v) is 9.30. The Morgan fingerprint density at radius 2 is 2.00 bits per heavy atom. The highest BCUT2D eigenvalue weighted by atomic mass is 32.1. The van der Waals surface area contributed by atoms with E-state index in [2.05, 4.69) is 47.3 Å². The molecule has 0 atom stereocenters. The summed E-state index contributed by atoms with van der Waals surface area (Å²) in [5, 5.41) is 2.78. The number of nitrogens with zero attached hydrogens (tertiary/aromatic N) is 2. The van der Waals surface area contributed by atoms with Gasteiger partial charge in [0.1, 0.15) is 10.7 Å². The third-order valence-corrected chi connectivity index (χ3v) is 5.61. The van der Waals surface area contributed by atoms with Gasteiger partial charge in [-0.15, -0.1) is 11.3 Å². The molecule has 0 unspecified atom stereocenters. The Morgan fingerprint density at radius 3 is 2.75 bits per heavy atom. The predicted octanol–water partition coefficient (Wildman–Crippen LogP) is 3.86. The van der Waals surface area contributed by atoms with E-state index < -0.39 is 0 Å². The van der Waals surface area contributed by atoms with Crippen molar-refractivity contribution < 1.29 is 0 Å². The highest BCUT2D eigenvalue weighted by Crippen LogP contribution is 2.33. The van der Waals surface area contributed by atoms with E-state index in [-0.39, 0.29) is 5.56 Å². The Morgan fingerprint density at radius 1 is 1.21 bits per heavy atom. The number of likely N-dealkylation sites (tertiary alicyclic amines) is 1. The molecule has 0 amide bonds. The Balaban J connectivity index is 1.77. The van der Waals surface area contributed by atoms with Gasteiger partial charge in [0.15, 0.2) is 0 Å². The van der Waals surface area contributed by atoms with E-state index >= 15 is 0 Å². The first-order valence-electron chi connectivity index (χ1n) is 8.42. The van der Waals surface area contributed by atoms with Crippen molar-refractivity contribution in [3.8, 4) is 11.1 Å². The van der Waals surface area contributed by atoms with E-state index in [0.29, 0.717) is 0 Å². The van der Waals surface area contributed by atoms with Crippen LogP contribution in [-0.2, 0) is 6.54 Å². The van der Waals surface area contributed by atoms with E-state index in [9.17, 15) is 4.79 Å². The van der Waals surface area contributed by atoms with E-state index in [1.165, 1.54) is 24.0 Å². The van der Waals surface area contributed by atoms with E-state index in [1.54, 1.807) is 11.3 Å². The summed E-state index contributed by atoms with van der Waals surface area (Å²) >= 11 is 1.56. The van der Waals surface area contributed by atoms with Crippen LogP contribution in [0.1, 0.15) is 29.8 Å². The number of thiophene rings is 1. The van der Waals surface area contributed by atoms with Crippen LogP contribution < -0.4 is 5.56 Å². The van der Waals surface area contributed by atoms with Crippen LogP contribution in [0.3, 0.4) is 0 Å². The zero-order chi connectivity index (χ0) is 16.7. The molecule has 0 saturated carbocycles. The SMILES string of the molecule is Cc1ccc(-c2csc3nc(CN4CCCC4)[nH]c(=O)c23)c(C)c1. The molecular weight excluding hydrogens is 318 g/mol. The molecule has 0 bridgehead atoms. The van der Waals surface area contributed by atoms with Crippen LogP contribution >= 0.6 is 11.3 Å². The lowest BCUT2D eigenvalue weighted by Crippen LogP contribution is -2.22. The Labute approximate surface area is 145 Å². The molecule has 1 fully saturated rings. The molecule has 1 aliphatic rings. The molecule has 1 aromatic carbocycles. The number of aromatic nitrogens is 2. The van der Waals surface area contributed by atoms with Crippen LogP contribution in [0.5, 0.6) is 0 Å². The second-order valence-electron chi connectivity index (χ2n) is 6.64. The third-order valence-electron chi connectivity index (χ3n) is 4.74. The molecule has 124 valence electrons. The number of hydrogen-bond donors (Lipinski definition) is 1. The number of H-pyrrole nitrogens is 1. The van der Waals surface area contributed by atoms with Crippen molar-refractivity contribution >= 4 is 21.6 Å². The first kappa shape index (κ1) is 15.5. The third kappa shape index (κ3) is 2.78. The van der Waals surface area contributed by atoms with Gasteiger partial charge in [-0.3, -0.25) is 9.69 Å². The van der Waals surface area contributed by atoms with Gasteiger partial charge in [0.05, 0.1) is 11.9 Å². The number of benzene rings is 1. The number of aromatic amines is 1. The summed E-state index contributed by atoms with van der Waals surface area (Å²) in [6.07, 6.45) is 2.48. The van der Waals surface area contributed by atoms with Crippen molar-refractivity contribution in [3.63, 3.8) is 0 Å². The summed E-state index contributed by atoms with van der Waals surface area (Å²) in [5.41, 5.74) is 4.51.